The van der Waals surface area contributed by atoms with Gasteiger partial charge in [0.2, 0.25) is 0 Å². The SMILES string of the molecule is O=C(OCC12CCN(CC1)CC2)N1CCc2ccccc2[C@H]1c1ccc(OCc2cncnc2)cc1. The van der Waals surface area contributed by atoms with Crippen molar-refractivity contribution in [3.05, 3.63) is 89.5 Å². The van der Waals surface area contributed by atoms with Gasteiger partial charge in [0.25, 0.3) is 0 Å². The Morgan fingerprint density at radius 1 is 0.944 bits per heavy atom. The summed E-state index contributed by atoms with van der Waals surface area (Å²) >= 11 is 0. The van der Waals surface area contributed by atoms with Crippen molar-refractivity contribution in [2.75, 3.05) is 32.8 Å². The van der Waals surface area contributed by atoms with Gasteiger partial charge in [0, 0.05) is 29.9 Å². The summed E-state index contributed by atoms with van der Waals surface area (Å²) in [7, 11) is 0. The maximum atomic E-state index is 13.5. The Hall–Kier alpha value is -3.45. The molecule has 0 aliphatic carbocycles. The number of rotatable bonds is 6. The predicted octanol–water partition coefficient (Wildman–Crippen LogP) is 4.63. The van der Waals surface area contributed by atoms with Gasteiger partial charge in [-0.2, -0.15) is 0 Å². The molecule has 7 rings (SSSR count). The number of amides is 1. The molecule has 0 N–H and O–H groups in total. The molecule has 1 amide bonds. The molecule has 0 saturated carbocycles. The minimum atomic E-state index is -0.207. The lowest BCUT2D eigenvalue weighted by atomic mass is 9.73. The van der Waals surface area contributed by atoms with Gasteiger partial charge in [0.15, 0.2) is 0 Å². The van der Waals surface area contributed by atoms with Crippen LogP contribution in [0.5, 0.6) is 5.75 Å². The third kappa shape index (κ3) is 4.67. The first kappa shape index (κ1) is 23.0. The van der Waals surface area contributed by atoms with E-state index in [1.165, 1.54) is 17.5 Å². The lowest BCUT2D eigenvalue weighted by molar-refractivity contribution is -0.0300. The summed E-state index contributed by atoms with van der Waals surface area (Å²) < 4.78 is 12.0. The first-order chi connectivity index (χ1) is 17.7. The zero-order chi connectivity index (χ0) is 24.4. The lowest BCUT2D eigenvalue weighted by Gasteiger charge is -2.48. The van der Waals surface area contributed by atoms with E-state index in [1.807, 2.05) is 17.0 Å². The second-order valence-corrected chi connectivity index (χ2v) is 10.3. The van der Waals surface area contributed by atoms with Crippen LogP contribution in [0, 0.1) is 5.41 Å². The second-order valence-electron chi connectivity index (χ2n) is 10.3. The minimum Gasteiger partial charge on any atom is -0.489 e. The van der Waals surface area contributed by atoms with E-state index in [0.717, 1.165) is 62.2 Å². The Kier molecular flexibility index (Phi) is 6.32. The van der Waals surface area contributed by atoms with Crippen molar-refractivity contribution in [1.29, 1.82) is 0 Å². The smallest absolute Gasteiger partial charge is 0.410 e. The fraction of sp³-hybridized carbons (Fsp3) is 0.414. The highest BCUT2D eigenvalue weighted by Gasteiger charge is 2.41. The molecule has 0 unspecified atom stereocenters. The molecule has 2 bridgehead atoms. The van der Waals surface area contributed by atoms with Crippen molar-refractivity contribution >= 4 is 6.09 Å². The summed E-state index contributed by atoms with van der Waals surface area (Å²) in [6.45, 7) is 4.97. The van der Waals surface area contributed by atoms with Crippen molar-refractivity contribution in [3.63, 3.8) is 0 Å². The van der Waals surface area contributed by atoms with Crippen LogP contribution in [-0.4, -0.2) is 58.6 Å². The molecule has 3 fully saturated rings. The topological polar surface area (TPSA) is 67.8 Å². The van der Waals surface area contributed by atoms with Crippen molar-refractivity contribution < 1.29 is 14.3 Å². The molecule has 7 nitrogen and oxygen atoms in total. The monoisotopic (exact) mass is 484 g/mol. The van der Waals surface area contributed by atoms with E-state index in [2.05, 4.69) is 51.3 Å². The number of hydrogen-bond acceptors (Lipinski definition) is 6. The molecular formula is C29H32N4O3. The predicted molar refractivity (Wildman–Crippen MR) is 136 cm³/mol. The summed E-state index contributed by atoms with van der Waals surface area (Å²) in [6.07, 6.45) is 9.02. The quantitative estimate of drug-likeness (QED) is 0.508. The fourth-order valence-electron chi connectivity index (χ4n) is 5.85. The number of piperidine rings is 3. The molecule has 3 saturated heterocycles. The summed E-state index contributed by atoms with van der Waals surface area (Å²) in [5.74, 6) is 0.767. The molecule has 1 atom stereocenters. The van der Waals surface area contributed by atoms with Crippen molar-refractivity contribution in [2.45, 2.75) is 38.3 Å². The van der Waals surface area contributed by atoms with E-state index in [1.54, 1.807) is 12.4 Å². The van der Waals surface area contributed by atoms with Gasteiger partial charge in [0.05, 0.1) is 12.6 Å². The highest BCUT2D eigenvalue weighted by Crippen LogP contribution is 2.41. The van der Waals surface area contributed by atoms with Crippen molar-refractivity contribution in [1.82, 2.24) is 19.8 Å². The first-order valence-electron chi connectivity index (χ1n) is 12.9. The van der Waals surface area contributed by atoms with Crippen LogP contribution < -0.4 is 4.74 Å². The van der Waals surface area contributed by atoms with Gasteiger partial charge >= 0.3 is 6.09 Å². The number of nitrogens with zero attached hydrogens (tertiary/aromatic N) is 4. The molecule has 4 aliphatic rings. The number of carbonyl (C=O) groups excluding carboxylic acids is 1. The number of aromatic nitrogens is 2. The molecule has 4 aliphatic heterocycles. The number of benzene rings is 2. The van der Waals surface area contributed by atoms with E-state index in [4.69, 9.17) is 9.47 Å². The van der Waals surface area contributed by atoms with E-state index in [0.29, 0.717) is 19.8 Å². The van der Waals surface area contributed by atoms with E-state index < -0.39 is 0 Å². The highest BCUT2D eigenvalue weighted by atomic mass is 16.6. The van der Waals surface area contributed by atoms with E-state index in [-0.39, 0.29) is 17.6 Å². The maximum Gasteiger partial charge on any atom is 0.410 e. The Bertz CT molecular complexity index is 1180. The first-order valence-corrected chi connectivity index (χ1v) is 12.9. The Labute approximate surface area is 212 Å². The third-order valence-corrected chi connectivity index (χ3v) is 8.11. The molecule has 5 heterocycles. The normalized spacial score (nSPS) is 24.7. The van der Waals surface area contributed by atoms with Crippen LogP contribution in [0.4, 0.5) is 4.79 Å². The van der Waals surface area contributed by atoms with Crippen LogP contribution in [-0.2, 0) is 17.8 Å². The minimum absolute atomic E-state index is 0.163. The average molecular weight is 485 g/mol. The molecule has 1 aromatic heterocycles. The molecule has 186 valence electrons. The lowest BCUT2D eigenvalue weighted by Crippen LogP contribution is -2.51. The van der Waals surface area contributed by atoms with Gasteiger partial charge in [0.1, 0.15) is 18.7 Å². The average Bonchev–Trinajstić information content (AvgIpc) is 2.96. The van der Waals surface area contributed by atoms with Gasteiger partial charge in [-0.1, -0.05) is 36.4 Å². The third-order valence-electron chi connectivity index (χ3n) is 8.11. The summed E-state index contributed by atoms with van der Waals surface area (Å²) in [5.41, 5.74) is 4.59. The van der Waals surface area contributed by atoms with Gasteiger partial charge in [-0.05, 0) is 74.1 Å². The molecule has 36 heavy (non-hydrogen) atoms. The molecular weight excluding hydrogens is 452 g/mol. The van der Waals surface area contributed by atoms with E-state index in [9.17, 15) is 4.79 Å². The summed E-state index contributed by atoms with van der Waals surface area (Å²) in [4.78, 5) is 26.0. The highest BCUT2D eigenvalue weighted by molar-refractivity contribution is 5.70. The van der Waals surface area contributed by atoms with Crippen LogP contribution in [0.3, 0.4) is 0 Å². The second kappa shape index (κ2) is 9.90. The fourth-order valence-corrected chi connectivity index (χ4v) is 5.85. The standard InChI is InChI=1S/C29H32N4O3/c34-28(36-20-29-10-14-32(15-11-29)16-12-29)33-13-9-23-3-1-2-4-26(23)27(33)24-5-7-25(8-6-24)35-19-22-17-30-21-31-18-22/h1-8,17-18,21,27H,9-16,19-20H2/t27-/m1/s1. The number of hydrogen-bond donors (Lipinski definition) is 0. The van der Waals surface area contributed by atoms with Crippen LogP contribution >= 0.6 is 0 Å². The van der Waals surface area contributed by atoms with Gasteiger partial charge in [-0.3, -0.25) is 4.90 Å². The molecule has 0 spiro atoms. The molecule has 7 heteroatoms. The largest absolute Gasteiger partial charge is 0.489 e. The van der Waals surface area contributed by atoms with Gasteiger partial charge < -0.3 is 14.4 Å². The summed E-state index contributed by atoms with van der Waals surface area (Å²) in [5, 5.41) is 0. The molecule has 0 radical (unpaired) electrons. The maximum absolute atomic E-state index is 13.5. The van der Waals surface area contributed by atoms with Crippen LogP contribution in [0.1, 0.15) is 47.6 Å². The number of carbonyl (C=O) groups is 1. The Morgan fingerprint density at radius 3 is 2.42 bits per heavy atom. The Morgan fingerprint density at radius 2 is 1.67 bits per heavy atom. The number of fused-ring (bicyclic) bond motifs is 4. The van der Waals surface area contributed by atoms with Crippen LogP contribution in [0.15, 0.2) is 67.3 Å². The van der Waals surface area contributed by atoms with Gasteiger partial charge in [-0.15, -0.1) is 0 Å². The van der Waals surface area contributed by atoms with Crippen LogP contribution in [0.2, 0.25) is 0 Å². The molecule has 3 aromatic rings. The Balaban J connectivity index is 1.19. The van der Waals surface area contributed by atoms with Gasteiger partial charge in [-0.25, -0.2) is 14.8 Å². The number of ether oxygens (including phenoxy) is 2. The summed E-state index contributed by atoms with van der Waals surface area (Å²) in [6, 6.07) is 16.3. The van der Waals surface area contributed by atoms with Crippen molar-refractivity contribution in [2.24, 2.45) is 5.41 Å². The van der Waals surface area contributed by atoms with Crippen molar-refractivity contribution in [3.8, 4) is 5.75 Å². The molecule has 2 aromatic carbocycles. The van der Waals surface area contributed by atoms with Crippen LogP contribution in [0.25, 0.3) is 0 Å². The zero-order valence-electron chi connectivity index (χ0n) is 20.5. The zero-order valence-corrected chi connectivity index (χ0v) is 20.5. The van der Waals surface area contributed by atoms with E-state index >= 15 is 0 Å².